The van der Waals surface area contributed by atoms with Crippen molar-refractivity contribution in [3.63, 3.8) is 0 Å². The number of hydrogen-bond donors (Lipinski definition) is 0. The maximum absolute atomic E-state index is 13.0. The lowest BCUT2D eigenvalue weighted by Crippen LogP contribution is -1.98. The van der Waals surface area contributed by atoms with Gasteiger partial charge in [-0.15, -0.1) is 0 Å². The molecule has 0 fully saturated rings. The lowest BCUT2D eigenvalue weighted by molar-refractivity contribution is 0.627. The lowest BCUT2D eigenvalue weighted by atomic mass is 10.0. The van der Waals surface area contributed by atoms with Crippen molar-refractivity contribution >= 4 is 27.5 Å². The van der Waals surface area contributed by atoms with Crippen LogP contribution in [-0.4, -0.2) is 0 Å². The molecule has 0 saturated heterocycles. The molecule has 0 heterocycles. The number of benzene rings is 2. The molecule has 0 aliphatic heterocycles. The number of rotatable bonds is 3. The van der Waals surface area contributed by atoms with Gasteiger partial charge >= 0.3 is 0 Å². The molecule has 2 aromatic carbocycles. The van der Waals surface area contributed by atoms with Crippen LogP contribution in [0.1, 0.15) is 27.1 Å². The molecule has 0 aliphatic rings. The van der Waals surface area contributed by atoms with E-state index < -0.39 is 0 Å². The zero-order valence-electron chi connectivity index (χ0n) is 10.9. The molecule has 0 aliphatic carbocycles. The molecule has 0 radical (unpaired) electrons. The summed E-state index contributed by atoms with van der Waals surface area (Å²) in [6.45, 7) is 4.20. The van der Waals surface area contributed by atoms with E-state index >= 15 is 0 Å². The van der Waals surface area contributed by atoms with Crippen molar-refractivity contribution in [2.24, 2.45) is 0 Å². The SMILES string of the molecule is Cc1ccc(CC(Br)c2ccc(F)cc2Cl)cc1C. The van der Waals surface area contributed by atoms with Crippen LogP contribution in [0.15, 0.2) is 36.4 Å². The average Bonchev–Trinajstić information content (AvgIpc) is 2.33. The number of halogens is 3. The molecular formula is C16H15BrClF. The number of aryl methyl sites for hydroxylation is 2. The third-order valence-corrected chi connectivity index (χ3v) is 4.43. The standard InChI is InChI=1S/C16H15BrClF/c1-10-3-4-12(7-11(10)2)8-15(17)14-6-5-13(19)9-16(14)18/h3-7,9,15H,8H2,1-2H3. The van der Waals surface area contributed by atoms with Crippen molar-refractivity contribution in [1.82, 2.24) is 0 Å². The Balaban J connectivity index is 2.20. The Morgan fingerprint density at radius 3 is 2.47 bits per heavy atom. The van der Waals surface area contributed by atoms with Crippen molar-refractivity contribution in [2.75, 3.05) is 0 Å². The largest absolute Gasteiger partial charge is 0.207 e. The second kappa shape index (κ2) is 6.06. The Labute approximate surface area is 126 Å². The van der Waals surface area contributed by atoms with Crippen LogP contribution < -0.4 is 0 Å². The van der Waals surface area contributed by atoms with E-state index in [1.54, 1.807) is 6.07 Å². The van der Waals surface area contributed by atoms with Crippen molar-refractivity contribution in [3.8, 4) is 0 Å². The Bertz CT molecular complexity index is 595. The zero-order valence-corrected chi connectivity index (χ0v) is 13.2. The summed E-state index contributed by atoms with van der Waals surface area (Å²) in [6, 6.07) is 10.9. The molecule has 1 unspecified atom stereocenters. The highest BCUT2D eigenvalue weighted by Crippen LogP contribution is 2.33. The van der Waals surface area contributed by atoms with Gasteiger partial charge in [0.25, 0.3) is 0 Å². The van der Waals surface area contributed by atoms with Gasteiger partial charge in [0.1, 0.15) is 5.82 Å². The smallest absolute Gasteiger partial charge is 0.124 e. The van der Waals surface area contributed by atoms with Gasteiger partial charge in [-0.1, -0.05) is 51.8 Å². The third-order valence-electron chi connectivity index (χ3n) is 3.29. The molecule has 0 saturated carbocycles. The van der Waals surface area contributed by atoms with Crippen molar-refractivity contribution in [2.45, 2.75) is 25.1 Å². The van der Waals surface area contributed by atoms with Gasteiger partial charge in [0.15, 0.2) is 0 Å². The van der Waals surface area contributed by atoms with Crippen LogP contribution in [0.3, 0.4) is 0 Å². The molecule has 2 rings (SSSR count). The summed E-state index contributed by atoms with van der Waals surface area (Å²) in [4.78, 5) is 0.0858. The summed E-state index contributed by atoms with van der Waals surface area (Å²) in [6.07, 6.45) is 0.826. The first kappa shape index (κ1) is 14.5. The predicted octanol–water partition coefficient (Wildman–Crippen LogP) is 5.77. The van der Waals surface area contributed by atoms with E-state index in [4.69, 9.17) is 11.6 Å². The van der Waals surface area contributed by atoms with Gasteiger partial charge in [-0.3, -0.25) is 0 Å². The molecule has 0 bridgehead atoms. The highest BCUT2D eigenvalue weighted by atomic mass is 79.9. The van der Waals surface area contributed by atoms with Crippen LogP contribution >= 0.6 is 27.5 Å². The normalized spacial score (nSPS) is 12.5. The van der Waals surface area contributed by atoms with E-state index in [1.807, 2.05) is 0 Å². The average molecular weight is 342 g/mol. The minimum absolute atomic E-state index is 0.0858. The second-order valence-corrected chi connectivity index (χ2v) is 6.27. The summed E-state index contributed by atoms with van der Waals surface area (Å²) in [5.74, 6) is -0.306. The molecule has 100 valence electrons. The summed E-state index contributed by atoms with van der Waals surface area (Å²) in [5, 5.41) is 0.464. The van der Waals surface area contributed by atoms with Crippen LogP contribution in [0, 0.1) is 19.7 Å². The Morgan fingerprint density at radius 2 is 1.84 bits per heavy atom. The molecule has 1 atom stereocenters. The Hall–Kier alpha value is -0.860. The van der Waals surface area contributed by atoms with Crippen LogP contribution in [0.25, 0.3) is 0 Å². The molecular weight excluding hydrogens is 327 g/mol. The molecule has 0 spiro atoms. The van der Waals surface area contributed by atoms with Gasteiger partial charge in [-0.25, -0.2) is 4.39 Å². The third kappa shape index (κ3) is 3.58. The van der Waals surface area contributed by atoms with Crippen LogP contribution in [-0.2, 0) is 6.42 Å². The Kier molecular flexibility index (Phi) is 4.64. The highest BCUT2D eigenvalue weighted by molar-refractivity contribution is 9.09. The fraction of sp³-hybridized carbons (Fsp3) is 0.250. The van der Waals surface area contributed by atoms with Gasteiger partial charge in [-0.05, 0) is 54.7 Å². The zero-order chi connectivity index (χ0) is 14.0. The number of hydrogen-bond acceptors (Lipinski definition) is 0. The van der Waals surface area contributed by atoms with Gasteiger partial charge < -0.3 is 0 Å². The molecule has 0 amide bonds. The van der Waals surface area contributed by atoms with Crippen molar-refractivity contribution < 1.29 is 4.39 Å². The lowest BCUT2D eigenvalue weighted by Gasteiger charge is -2.13. The van der Waals surface area contributed by atoms with E-state index in [0.29, 0.717) is 5.02 Å². The highest BCUT2D eigenvalue weighted by Gasteiger charge is 2.13. The number of alkyl halides is 1. The first-order valence-corrected chi connectivity index (χ1v) is 7.42. The van der Waals surface area contributed by atoms with Crippen LogP contribution in [0.2, 0.25) is 5.02 Å². The molecule has 19 heavy (non-hydrogen) atoms. The monoisotopic (exact) mass is 340 g/mol. The maximum Gasteiger partial charge on any atom is 0.124 e. The van der Waals surface area contributed by atoms with Crippen LogP contribution in [0.4, 0.5) is 4.39 Å². The van der Waals surface area contributed by atoms with Crippen LogP contribution in [0.5, 0.6) is 0 Å². The minimum Gasteiger partial charge on any atom is -0.207 e. The minimum atomic E-state index is -0.306. The van der Waals surface area contributed by atoms with Crippen molar-refractivity contribution in [1.29, 1.82) is 0 Å². The molecule has 0 N–H and O–H groups in total. The first-order valence-electron chi connectivity index (χ1n) is 6.12. The fourth-order valence-corrected chi connectivity index (χ4v) is 3.21. The van der Waals surface area contributed by atoms with Gasteiger partial charge in [0, 0.05) is 9.85 Å². The van der Waals surface area contributed by atoms with Gasteiger partial charge in [0.2, 0.25) is 0 Å². The van der Waals surface area contributed by atoms with E-state index in [1.165, 1.54) is 28.8 Å². The predicted molar refractivity (Wildman–Crippen MR) is 82.7 cm³/mol. The summed E-state index contributed by atoms with van der Waals surface area (Å²) >= 11 is 9.71. The molecule has 2 aromatic rings. The Morgan fingerprint density at radius 1 is 1.11 bits per heavy atom. The van der Waals surface area contributed by atoms with Crippen molar-refractivity contribution in [3.05, 3.63) is 69.5 Å². The molecule has 0 aromatic heterocycles. The molecule has 3 heteroatoms. The molecule has 0 nitrogen and oxygen atoms in total. The second-order valence-electron chi connectivity index (χ2n) is 4.76. The van der Waals surface area contributed by atoms with Gasteiger partial charge in [0.05, 0.1) is 0 Å². The summed E-state index contributed by atoms with van der Waals surface area (Å²) in [5.41, 5.74) is 4.73. The van der Waals surface area contributed by atoms with E-state index in [2.05, 4.69) is 48.0 Å². The van der Waals surface area contributed by atoms with Gasteiger partial charge in [-0.2, -0.15) is 0 Å². The topological polar surface area (TPSA) is 0 Å². The van der Waals surface area contributed by atoms with E-state index in [0.717, 1.165) is 12.0 Å². The summed E-state index contributed by atoms with van der Waals surface area (Å²) in [7, 11) is 0. The fourth-order valence-electron chi connectivity index (χ4n) is 2.00. The quantitative estimate of drug-likeness (QED) is 0.621. The van der Waals surface area contributed by atoms with E-state index in [-0.39, 0.29) is 10.6 Å². The maximum atomic E-state index is 13.0. The summed E-state index contributed by atoms with van der Waals surface area (Å²) < 4.78 is 13.0. The van der Waals surface area contributed by atoms with E-state index in [9.17, 15) is 4.39 Å². The first-order chi connectivity index (χ1) is 8.97.